The van der Waals surface area contributed by atoms with E-state index in [1.165, 1.54) is 0 Å². The molecule has 1 heterocycles. The van der Waals surface area contributed by atoms with Crippen molar-refractivity contribution < 1.29 is 4.39 Å². The predicted octanol–water partition coefficient (Wildman–Crippen LogP) is 0.593. The molecule has 0 aliphatic carbocycles. The van der Waals surface area contributed by atoms with Crippen LogP contribution in [0.3, 0.4) is 0 Å². The Morgan fingerprint density at radius 3 is 2.56 bits per heavy atom. The molecule has 0 unspecified atom stereocenters. The lowest BCUT2D eigenvalue weighted by Crippen LogP contribution is -1.92. The van der Waals surface area contributed by atoms with Crippen LogP contribution >= 0.6 is 0 Å². The van der Waals surface area contributed by atoms with Crippen molar-refractivity contribution in [1.29, 1.82) is 0 Å². The van der Waals surface area contributed by atoms with Crippen molar-refractivity contribution in [1.82, 2.24) is 14.8 Å². The summed E-state index contributed by atoms with van der Waals surface area (Å²) in [6, 6.07) is 0. The number of rotatable bonds is 1. The average molecular weight is 129 g/mol. The molecule has 0 atom stereocenters. The minimum Gasteiger partial charge on any atom is -0.253 e. The molecule has 4 heteroatoms. The Morgan fingerprint density at radius 1 is 1.67 bits per heavy atom. The molecule has 0 aromatic carbocycles. The van der Waals surface area contributed by atoms with Gasteiger partial charge in [0, 0.05) is 7.05 Å². The number of hydrogen-bond donors (Lipinski definition) is 0. The molecule has 1 aromatic rings. The fourth-order valence-electron chi connectivity index (χ4n) is 0.584. The Hall–Kier alpha value is -0.930. The fraction of sp³-hybridized carbons (Fsp3) is 0.600. The number of aryl methyl sites for hydroxylation is 2. The third-order valence-corrected chi connectivity index (χ3v) is 1.14. The number of nitrogens with zero attached hydrogens (tertiary/aromatic N) is 3. The summed E-state index contributed by atoms with van der Waals surface area (Å²) in [6.45, 7) is 1.20. The Kier molecular flexibility index (Phi) is 1.46. The first-order valence-electron chi connectivity index (χ1n) is 2.66. The molecule has 0 spiro atoms. The van der Waals surface area contributed by atoms with E-state index in [0.717, 1.165) is 5.82 Å². The summed E-state index contributed by atoms with van der Waals surface area (Å²) in [5.41, 5.74) is 0. The number of halogens is 1. The van der Waals surface area contributed by atoms with Crippen LogP contribution in [0.5, 0.6) is 0 Å². The number of aromatic nitrogens is 3. The van der Waals surface area contributed by atoms with Gasteiger partial charge in [-0.3, -0.25) is 4.68 Å². The summed E-state index contributed by atoms with van der Waals surface area (Å²) in [6.07, 6.45) is 0. The van der Waals surface area contributed by atoms with Crippen LogP contribution in [0.15, 0.2) is 0 Å². The monoisotopic (exact) mass is 129 g/mol. The molecule has 0 radical (unpaired) electrons. The topological polar surface area (TPSA) is 30.7 Å². The molecule has 0 fully saturated rings. The summed E-state index contributed by atoms with van der Waals surface area (Å²) in [7, 11) is 1.74. The lowest BCUT2D eigenvalue weighted by atomic mass is 10.7. The van der Waals surface area contributed by atoms with Crippen LogP contribution in [0, 0.1) is 6.92 Å². The van der Waals surface area contributed by atoms with E-state index in [0.29, 0.717) is 0 Å². The Balaban J connectivity index is 2.98. The predicted molar refractivity (Wildman–Crippen MR) is 30.6 cm³/mol. The molecule has 1 rings (SSSR count). The quantitative estimate of drug-likeness (QED) is 0.555. The van der Waals surface area contributed by atoms with Gasteiger partial charge in [-0.05, 0) is 6.92 Å². The molecule has 3 nitrogen and oxygen atoms in total. The van der Waals surface area contributed by atoms with Gasteiger partial charge >= 0.3 is 0 Å². The molecule has 9 heavy (non-hydrogen) atoms. The van der Waals surface area contributed by atoms with Crippen LogP contribution in [-0.2, 0) is 13.7 Å². The van der Waals surface area contributed by atoms with E-state index in [1.807, 2.05) is 0 Å². The zero-order valence-electron chi connectivity index (χ0n) is 5.43. The maximum Gasteiger partial charge on any atom is 0.181 e. The lowest BCUT2D eigenvalue weighted by molar-refractivity contribution is 0.463. The van der Waals surface area contributed by atoms with Crippen molar-refractivity contribution in [3.8, 4) is 0 Å². The summed E-state index contributed by atoms with van der Waals surface area (Å²) in [5, 5.41) is 3.76. The highest BCUT2D eigenvalue weighted by Crippen LogP contribution is 1.94. The SMILES string of the molecule is Cc1nc(CF)nn1C. The zero-order valence-corrected chi connectivity index (χ0v) is 5.43. The van der Waals surface area contributed by atoms with Gasteiger partial charge in [-0.2, -0.15) is 5.10 Å². The molecule has 0 saturated carbocycles. The Bertz CT molecular complexity index is 186. The van der Waals surface area contributed by atoms with Crippen molar-refractivity contribution in [3.05, 3.63) is 11.6 Å². The van der Waals surface area contributed by atoms with Crippen molar-refractivity contribution in [2.75, 3.05) is 0 Å². The van der Waals surface area contributed by atoms with Crippen molar-refractivity contribution >= 4 is 0 Å². The number of alkyl halides is 1. The Labute approximate surface area is 52.5 Å². The van der Waals surface area contributed by atoms with Crippen LogP contribution < -0.4 is 0 Å². The van der Waals surface area contributed by atoms with Crippen LogP contribution in [0.1, 0.15) is 11.6 Å². The summed E-state index contributed by atoms with van der Waals surface area (Å²) < 4.78 is 13.3. The fourth-order valence-corrected chi connectivity index (χ4v) is 0.584. The minimum atomic E-state index is -0.582. The van der Waals surface area contributed by atoms with Gasteiger partial charge < -0.3 is 0 Å². The second kappa shape index (κ2) is 2.13. The van der Waals surface area contributed by atoms with Gasteiger partial charge in [0.2, 0.25) is 0 Å². The molecule has 1 aromatic heterocycles. The standard InChI is InChI=1S/C5H8FN3/c1-4-7-5(3-6)8-9(4)2/h3H2,1-2H3. The van der Waals surface area contributed by atoms with Crippen LogP contribution in [0.25, 0.3) is 0 Å². The smallest absolute Gasteiger partial charge is 0.181 e. The second-order valence-electron chi connectivity index (χ2n) is 1.83. The van der Waals surface area contributed by atoms with Crippen LogP contribution in [-0.4, -0.2) is 14.8 Å². The first-order chi connectivity index (χ1) is 4.24. The Morgan fingerprint density at radius 2 is 2.33 bits per heavy atom. The van der Waals surface area contributed by atoms with E-state index in [4.69, 9.17) is 0 Å². The van der Waals surface area contributed by atoms with Crippen LogP contribution in [0.4, 0.5) is 4.39 Å². The van der Waals surface area contributed by atoms with E-state index in [-0.39, 0.29) is 5.82 Å². The van der Waals surface area contributed by atoms with Gasteiger partial charge in [-0.1, -0.05) is 0 Å². The van der Waals surface area contributed by atoms with E-state index in [2.05, 4.69) is 10.1 Å². The maximum absolute atomic E-state index is 11.8. The van der Waals surface area contributed by atoms with Crippen molar-refractivity contribution in [3.63, 3.8) is 0 Å². The summed E-state index contributed by atoms with van der Waals surface area (Å²) in [5.74, 6) is 0.998. The molecule has 0 N–H and O–H groups in total. The minimum absolute atomic E-state index is 0.259. The van der Waals surface area contributed by atoms with Crippen molar-refractivity contribution in [2.45, 2.75) is 13.6 Å². The lowest BCUT2D eigenvalue weighted by Gasteiger charge is -1.85. The van der Waals surface area contributed by atoms with E-state index < -0.39 is 6.67 Å². The van der Waals surface area contributed by atoms with Gasteiger partial charge in [0.15, 0.2) is 12.5 Å². The summed E-state index contributed by atoms with van der Waals surface area (Å²) >= 11 is 0. The van der Waals surface area contributed by atoms with Gasteiger partial charge in [0.1, 0.15) is 5.82 Å². The van der Waals surface area contributed by atoms with E-state index >= 15 is 0 Å². The van der Waals surface area contributed by atoms with Gasteiger partial charge in [-0.25, -0.2) is 9.37 Å². The van der Waals surface area contributed by atoms with Crippen LogP contribution in [0.2, 0.25) is 0 Å². The third-order valence-electron chi connectivity index (χ3n) is 1.14. The first-order valence-corrected chi connectivity index (χ1v) is 2.66. The average Bonchev–Trinajstić information content (AvgIpc) is 2.13. The van der Waals surface area contributed by atoms with Gasteiger partial charge in [-0.15, -0.1) is 0 Å². The molecule has 0 amide bonds. The third kappa shape index (κ3) is 1.06. The molecular formula is C5H8FN3. The van der Waals surface area contributed by atoms with Gasteiger partial charge in [0.05, 0.1) is 0 Å². The summed E-state index contributed by atoms with van der Waals surface area (Å²) in [4.78, 5) is 3.81. The molecule has 0 saturated heterocycles. The maximum atomic E-state index is 11.8. The first kappa shape index (κ1) is 6.19. The molecule has 0 aliphatic heterocycles. The molecule has 0 bridgehead atoms. The molecule has 50 valence electrons. The van der Waals surface area contributed by atoms with Crippen molar-refractivity contribution in [2.24, 2.45) is 7.05 Å². The highest BCUT2D eigenvalue weighted by molar-refractivity contribution is 4.87. The van der Waals surface area contributed by atoms with E-state index in [1.54, 1.807) is 18.7 Å². The highest BCUT2D eigenvalue weighted by atomic mass is 19.1. The largest absolute Gasteiger partial charge is 0.253 e. The molecule has 0 aliphatic rings. The van der Waals surface area contributed by atoms with Gasteiger partial charge in [0.25, 0.3) is 0 Å². The number of hydrogen-bond acceptors (Lipinski definition) is 2. The normalized spacial score (nSPS) is 10.1. The second-order valence-corrected chi connectivity index (χ2v) is 1.83. The highest BCUT2D eigenvalue weighted by Gasteiger charge is 1.99. The van der Waals surface area contributed by atoms with E-state index in [9.17, 15) is 4.39 Å². The zero-order chi connectivity index (χ0) is 6.85. The molecular weight excluding hydrogens is 121 g/mol.